The van der Waals surface area contributed by atoms with Crippen molar-refractivity contribution in [2.75, 3.05) is 26.8 Å². The number of ether oxygens (including phenoxy) is 2. The third kappa shape index (κ3) is 7.88. The van der Waals surface area contributed by atoms with Crippen molar-refractivity contribution in [3.05, 3.63) is 35.4 Å². The van der Waals surface area contributed by atoms with Crippen LogP contribution in [-0.4, -0.2) is 38.9 Å². The molecule has 5 heteroatoms. The molecule has 0 unspecified atom stereocenters. The monoisotopic (exact) mass is 347 g/mol. The Hall–Kier alpha value is -1.59. The summed E-state index contributed by atoms with van der Waals surface area (Å²) in [7, 11) is 1.81. The molecule has 140 valence electrons. The lowest BCUT2D eigenvalue weighted by Gasteiger charge is -2.22. The maximum atomic E-state index is 5.96. The molecule has 2 rings (SSSR count). The van der Waals surface area contributed by atoms with E-state index in [0.29, 0.717) is 18.6 Å². The normalized spacial score (nSPS) is 16.2. The second kappa shape index (κ2) is 11.1. The Labute approximate surface area is 152 Å². The number of guanidine groups is 1. The van der Waals surface area contributed by atoms with Crippen molar-refractivity contribution in [3.8, 4) is 0 Å². The van der Waals surface area contributed by atoms with Crippen molar-refractivity contribution in [1.29, 1.82) is 0 Å². The highest BCUT2D eigenvalue weighted by Gasteiger charge is 2.13. The molecule has 0 aliphatic carbocycles. The molecule has 1 heterocycles. The van der Waals surface area contributed by atoms with Crippen molar-refractivity contribution in [2.45, 2.75) is 52.4 Å². The summed E-state index contributed by atoms with van der Waals surface area (Å²) in [6.45, 7) is 8.49. The third-order valence-electron chi connectivity index (χ3n) is 4.37. The summed E-state index contributed by atoms with van der Waals surface area (Å²) in [5.41, 5.74) is 2.45. The summed E-state index contributed by atoms with van der Waals surface area (Å²) in [4.78, 5) is 4.26. The lowest BCUT2D eigenvalue weighted by molar-refractivity contribution is -0.0390. The molecule has 0 spiro atoms. The summed E-state index contributed by atoms with van der Waals surface area (Å²) in [5, 5.41) is 6.70. The molecule has 1 aliphatic rings. The Morgan fingerprint density at radius 2 is 1.84 bits per heavy atom. The van der Waals surface area contributed by atoms with Gasteiger partial charge in [-0.25, -0.2) is 0 Å². The molecule has 0 bridgehead atoms. The van der Waals surface area contributed by atoms with E-state index < -0.39 is 0 Å². The van der Waals surface area contributed by atoms with E-state index in [1.54, 1.807) is 7.05 Å². The van der Waals surface area contributed by atoms with Gasteiger partial charge in [-0.2, -0.15) is 0 Å². The molecule has 0 atom stereocenters. The van der Waals surface area contributed by atoms with Crippen molar-refractivity contribution in [3.63, 3.8) is 0 Å². The van der Waals surface area contributed by atoms with E-state index in [2.05, 4.69) is 53.7 Å². The first-order valence-electron chi connectivity index (χ1n) is 9.39. The first-order chi connectivity index (χ1) is 12.2. The predicted octanol–water partition coefficient (Wildman–Crippen LogP) is 3.09. The van der Waals surface area contributed by atoms with E-state index in [1.165, 1.54) is 11.1 Å². The third-order valence-corrected chi connectivity index (χ3v) is 4.37. The number of nitrogens with zero attached hydrogens (tertiary/aromatic N) is 1. The lowest BCUT2D eigenvalue weighted by atomic mass is 10.1. The number of hydrogen-bond acceptors (Lipinski definition) is 3. The summed E-state index contributed by atoms with van der Waals surface area (Å²) in [6.07, 6.45) is 3.49. The van der Waals surface area contributed by atoms with E-state index >= 15 is 0 Å². The van der Waals surface area contributed by atoms with E-state index in [9.17, 15) is 0 Å². The van der Waals surface area contributed by atoms with Gasteiger partial charge in [0, 0.05) is 33.4 Å². The fourth-order valence-electron chi connectivity index (χ4n) is 2.70. The molecule has 1 aromatic rings. The molecule has 0 aromatic heterocycles. The molecule has 5 nitrogen and oxygen atoms in total. The van der Waals surface area contributed by atoms with Gasteiger partial charge in [-0.1, -0.05) is 38.1 Å². The lowest BCUT2D eigenvalue weighted by Crippen LogP contribution is -2.37. The smallest absolute Gasteiger partial charge is 0.191 e. The highest BCUT2D eigenvalue weighted by Crippen LogP contribution is 2.14. The van der Waals surface area contributed by atoms with Gasteiger partial charge in [0.25, 0.3) is 0 Å². The molecule has 1 fully saturated rings. The van der Waals surface area contributed by atoms with Gasteiger partial charge in [0.2, 0.25) is 0 Å². The molecular weight excluding hydrogens is 314 g/mol. The van der Waals surface area contributed by atoms with Crippen LogP contribution >= 0.6 is 0 Å². The zero-order valence-corrected chi connectivity index (χ0v) is 15.9. The van der Waals surface area contributed by atoms with Crippen LogP contribution in [-0.2, 0) is 22.6 Å². The van der Waals surface area contributed by atoms with Gasteiger partial charge < -0.3 is 20.1 Å². The Kier molecular flexibility index (Phi) is 8.77. The second-order valence-corrected chi connectivity index (χ2v) is 6.97. The van der Waals surface area contributed by atoms with E-state index in [0.717, 1.165) is 51.5 Å². The molecule has 0 amide bonds. The Balaban J connectivity index is 1.70. The maximum Gasteiger partial charge on any atom is 0.191 e. The molecule has 2 N–H and O–H groups in total. The molecule has 1 saturated heterocycles. The average molecular weight is 348 g/mol. The summed E-state index contributed by atoms with van der Waals surface area (Å²) in [6, 6.07) is 8.59. The van der Waals surface area contributed by atoms with Gasteiger partial charge in [0.05, 0.1) is 12.7 Å². The number of nitrogens with one attached hydrogen (secondary N) is 2. The number of benzene rings is 1. The minimum Gasteiger partial charge on any atom is -0.381 e. The molecule has 0 radical (unpaired) electrons. The van der Waals surface area contributed by atoms with Crippen molar-refractivity contribution >= 4 is 5.96 Å². The van der Waals surface area contributed by atoms with Crippen LogP contribution in [0.25, 0.3) is 0 Å². The largest absolute Gasteiger partial charge is 0.381 e. The molecule has 25 heavy (non-hydrogen) atoms. The van der Waals surface area contributed by atoms with E-state index in [1.807, 2.05) is 0 Å². The first kappa shape index (κ1) is 19.7. The SMILES string of the molecule is CN=C(NCCC(C)C)NCc1ccc(COC2CCOCC2)cc1. The van der Waals surface area contributed by atoms with Gasteiger partial charge >= 0.3 is 0 Å². The zero-order valence-electron chi connectivity index (χ0n) is 15.9. The summed E-state index contributed by atoms with van der Waals surface area (Å²) < 4.78 is 11.3. The van der Waals surface area contributed by atoms with Crippen LogP contribution in [0.5, 0.6) is 0 Å². The highest BCUT2D eigenvalue weighted by atomic mass is 16.5. The Bertz CT molecular complexity index is 508. The summed E-state index contributed by atoms with van der Waals surface area (Å²) >= 11 is 0. The predicted molar refractivity (Wildman–Crippen MR) is 103 cm³/mol. The first-order valence-corrected chi connectivity index (χ1v) is 9.39. The van der Waals surface area contributed by atoms with Crippen molar-refractivity contribution in [2.24, 2.45) is 10.9 Å². The van der Waals surface area contributed by atoms with Gasteiger partial charge in [-0.3, -0.25) is 4.99 Å². The minimum atomic E-state index is 0.343. The molecule has 1 aliphatic heterocycles. The van der Waals surface area contributed by atoms with Crippen LogP contribution in [0.1, 0.15) is 44.2 Å². The van der Waals surface area contributed by atoms with Gasteiger partial charge in [0.1, 0.15) is 0 Å². The molecular formula is C20H33N3O2. The topological polar surface area (TPSA) is 54.9 Å². The second-order valence-electron chi connectivity index (χ2n) is 6.97. The fourth-order valence-corrected chi connectivity index (χ4v) is 2.70. The minimum absolute atomic E-state index is 0.343. The van der Waals surface area contributed by atoms with E-state index in [-0.39, 0.29) is 0 Å². The number of hydrogen-bond donors (Lipinski definition) is 2. The number of rotatable bonds is 8. The van der Waals surface area contributed by atoms with Gasteiger partial charge in [0.15, 0.2) is 5.96 Å². The summed E-state index contributed by atoms with van der Waals surface area (Å²) in [5.74, 6) is 1.55. The average Bonchev–Trinajstić information content (AvgIpc) is 2.64. The molecule has 1 aromatic carbocycles. The van der Waals surface area contributed by atoms with Crippen molar-refractivity contribution < 1.29 is 9.47 Å². The zero-order chi connectivity index (χ0) is 17.9. The van der Waals surface area contributed by atoms with Gasteiger partial charge in [-0.15, -0.1) is 0 Å². The maximum absolute atomic E-state index is 5.96. The van der Waals surface area contributed by atoms with Crippen LogP contribution in [0.2, 0.25) is 0 Å². The van der Waals surface area contributed by atoms with Gasteiger partial charge in [-0.05, 0) is 36.3 Å². The highest BCUT2D eigenvalue weighted by molar-refractivity contribution is 5.79. The Morgan fingerprint density at radius 1 is 1.16 bits per heavy atom. The standard InChI is InChI=1S/C20H33N3O2/c1-16(2)8-11-22-20(21-3)23-14-17-4-6-18(7-5-17)15-25-19-9-12-24-13-10-19/h4-7,16,19H,8-15H2,1-3H3,(H2,21,22,23). The van der Waals surface area contributed by atoms with Crippen LogP contribution in [0, 0.1) is 5.92 Å². The fraction of sp³-hybridized carbons (Fsp3) is 0.650. The molecule has 0 saturated carbocycles. The van der Waals surface area contributed by atoms with Crippen LogP contribution in [0.4, 0.5) is 0 Å². The Morgan fingerprint density at radius 3 is 2.48 bits per heavy atom. The van der Waals surface area contributed by atoms with Crippen molar-refractivity contribution in [1.82, 2.24) is 10.6 Å². The van der Waals surface area contributed by atoms with Crippen LogP contribution in [0.15, 0.2) is 29.3 Å². The van der Waals surface area contributed by atoms with Crippen LogP contribution in [0.3, 0.4) is 0 Å². The van der Waals surface area contributed by atoms with E-state index in [4.69, 9.17) is 9.47 Å². The van der Waals surface area contributed by atoms with Crippen LogP contribution < -0.4 is 10.6 Å². The number of aliphatic imine (C=N–C) groups is 1. The quantitative estimate of drug-likeness (QED) is 0.560.